The molecule has 146 valence electrons. The number of hydrogen-bond acceptors (Lipinski definition) is 1. The molecular weight excluding hydrogens is 304 g/mol. The summed E-state index contributed by atoms with van der Waals surface area (Å²) in [7, 11) is 0. The molecule has 0 aliphatic heterocycles. The van der Waals surface area contributed by atoms with Gasteiger partial charge in [-0.05, 0) is 92.8 Å². The molecule has 4 aliphatic carbocycles. The van der Waals surface area contributed by atoms with Crippen LogP contribution in [0.5, 0.6) is 0 Å². The van der Waals surface area contributed by atoms with E-state index in [1.165, 1.54) is 64.2 Å². The van der Waals surface area contributed by atoms with Crippen LogP contribution in [-0.2, 0) is 4.79 Å². The molecule has 1 nitrogen and oxygen atoms in total. The average Bonchev–Trinajstić information content (AvgIpc) is 2.93. The van der Waals surface area contributed by atoms with Gasteiger partial charge in [-0.2, -0.15) is 0 Å². The van der Waals surface area contributed by atoms with E-state index in [2.05, 4.69) is 13.8 Å². The Hall–Kier alpha value is -0.330. The Bertz CT molecular complexity index is 469. The number of carbonyl (C=O) groups is 1. The predicted molar refractivity (Wildman–Crippen MR) is 109 cm³/mol. The van der Waals surface area contributed by atoms with Gasteiger partial charge in [0.15, 0.2) is 0 Å². The molecule has 4 fully saturated rings. The highest BCUT2D eigenvalue weighted by Crippen LogP contribution is 2.67. The Labute approximate surface area is 157 Å². The molecule has 4 rings (SSSR count). The Kier molecular flexibility index (Phi) is 6.49. The molecule has 0 aromatic rings. The summed E-state index contributed by atoms with van der Waals surface area (Å²) in [5.74, 6) is 4.60. The third-order valence-corrected chi connectivity index (χ3v) is 9.07. The van der Waals surface area contributed by atoms with Gasteiger partial charge < -0.3 is 0 Å². The largest absolute Gasteiger partial charge is 0.300 e. The average molecular weight is 349 g/mol. The molecule has 25 heavy (non-hydrogen) atoms. The van der Waals surface area contributed by atoms with Crippen molar-refractivity contribution in [2.45, 2.75) is 106 Å². The van der Waals surface area contributed by atoms with Crippen molar-refractivity contribution < 1.29 is 4.79 Å². The molecule has 7 atom stereocenters. The van der Waals surface area contributed by atoms with Crippen LogP contribution in [0, 0.1) is 40.4 Å². The SMILES string of the molecule is C.CC.CC(=O)[C@H]1CCC2C3CCC4CCCC[C@]4(C)C3CC[C@@]21C. The van der Waals surface area contributed by atoms with E-state index in [0.717, 1.165) is 23.7 Å². The van der Waals surface area contributed by atoms with Crippen molar-refractivity contribution in [2.75, 3.05) is 0 Å². The molecule has 0 aromatic carbocycles. The maximum absolute atomic E-state index is 12.2. The fourth-order valence-corrected chi connectivity index (χ4v) is 7.96. The van der Waals surface area contributed by atoms with Gasteiger partial charge in [0.2, 0.25) is 0 Å². The highest BCUT2D eigenvalue weighted by Gasteiger charge is 2.60. The minimum atomic E-state index is 0. The van der Waals surface area contributed by atoms with Gasteiger partial charge in [-0.1, -0.05) is 48.0 Å². The Morgan fingerprint density at radius 1 is 0.800 bits per heavy atom. The topological polar surface area (TPSA) is 17.1 Å². The fourth-order valence-electron chi connectivity index (χ4n) is 7.96. The lowest BCUT2D eigenvalue weighted by Gasteiger charge is -2.60. The van der Waals surface area contributed by atoms with Gasteiger partial charge >= 0.3 is 0 Å². The van der Waals surface area contributed by atoms with Crippen molar-refractivity contribution in [1.29, 1.82) is 0 Å². The number of hydrogen-bond donors (Lipinski definition) is 0. The molecule has 4 aliphatic rings. The van der Waals surface area contributed by atoms with Crippen molar-refractivity contribution in [3.05, 3.63) is 0 Å². The first-order chi connectivity index (χ1) is 11.5. The van der Waals surface area contributed by atoms with Crippen molar-refractivity contribution in [2.24, 2.45) is 40.4 Å². The van der Waals surface area contributed by atoms with Crippen LogP contribution in [0.4, 0.5) is 0 Å². The Morgan fingerprint density at radius 2 is 1.48 bits per heavy atom. The van der Waals surface area contributed by atoms with Crippen LogP contribution in [0.2, 0.25) is 0 Å². The lowest BCUT2D eigenvalue weighted by atomic mass is 9.45. The van der Waals surface area contributed by atoms with Crippen molar-refractivity contribution in [3.63, 3.8) is 0 Å². The highest BCUT2D eigenvalue weighted by molar-refractivity contribution is 5.79. The molecule has 0 N–H and O–H groups in total. The molecule has 0 saturated heterocycles. The second-order valence-electron chi connectivity index (χ2n) is 9.69. The number of rotatable bonds is 1. The van der Waals surface area contributed by atoms with E-state index in [9.17, 15) is 4.79 Å². The van der Waals surface area contributed by atoms with E-state index in [1.54, 1.807) is 0 Å². The molecule has 4 saturated carbocycles. The van der Waals surface area contributed by atoms with Crippen molar-refractivity contribution in [3.8, 4) is 0 Å². The zero-order valence-electron chi connectivity index (χ0n) is 16.9. The molecule has 0 amide bonds. The molecule has 1 heteroatoms. The lowest BCUT2D eigenvalue weighted by Crippen LogP contribution is -2.53. The minimum Gasteiger partial charge on any atom is -0.300 e. The Morgan fingerprint density at radius 3 is 2.16 bits per heavy atom. The second kappa shape index (κ2) is 7.73. The molecule has 0 heterocycles. The molecular formula is C24H44O. The molecule has 4 unspecified atom stereocenters. The molecule has 0 radical (unpaired) electrons. The van der Waals surface area contributed by atoms with Crippen LogP contribution in [0.1, 0.15) is 106 Å². The fraction of sp³-hybridized carbons (Fsp3) is 0.958. The summed E-state index contributed by atoms with van der Waals surface area (Å²) in [6.45, 7) is 11.0. The van der Waals surface area contributed by atoms with E-state index in [1.807, 2.05) is 20.8 Å². The number of carbonyl (C=O) groups excluding carboxylic acids is 1. The summed E-state index contributed by atoms with van der Waals surface area (Å²) >= 11 is 0. The molecule has 0 spiro atoms. The van der Waals surface area contributed by atoms with E-state index < -0.39 is 0 Å². The van der Waals surface area contributed by atoms with Gasteiger partial charge in [0.05, 0.1) is 0 Å². The summed E-state index contributed by atoms with van der Waals surface area (Å²) < 4.78 is 0. The smallest absolute Gasteiger partial charge is 0.133 e. The van der Waals surface area contributed by atoms with Gasteiger partial charge in [-0.25, -0.2) is 0 Å². The first kappa shape index (κ1) is 21.0. The number of fused-ring (bicyclic) bond motifs is 5. The molecule has 0 bridgehead atoms. The summed E-state index contributed by atoms with van der Waals surface area (Å²) in [4.78, 5) is 12.2. The summed E-state index contributed by atoms with van der Waals surface area (Å²) in [6.07, 6.45) is 14.1. The van der Waals surface area contributed by atoms with Crippen LogP contribution in [0.3, 0.4) is 0 Å². The summed E-state index contributed by atoms with van der Waals surface area (Å²) in [5, 5.41) is 0. The maximum Gasteiger partial charge on any atom is 0.133 e. The van der Waals surface area contributed by atoms with Gasteiger partial charge in [-0.3, -0.25) is 4.79 Å². The zero-order valence-corrected chi connectivity index (χ0v) is 16.9. The van der Waals surface area contributed by atoms with E-state index in [-0.39, 0.29) is 7.43 Å². The first-order valence-corrected chi connectivity index (χ1v) is 11.0. The standard InChI is InChI=1S/C21H34O.C2H6.CH4/c1-14(22)17-9-10-18-16-8-7-15-6-4-5-12-20(15,2)19(16)11-13-21(17,18)3;1-2;/h15-19H,4-13H2,1-3H3;1-2H3;1H4/t15?,16?,17-,18?,19?,20+,21-;;/m1../s1. The van der Waals surface area contributed by atoms with Crippen LogP contribution in [-0.4, -0.2) is 5.78 Å². The van der Waals surface area contributed by atoms with E-state index in [0.29, 0.717) is 22.5 Å². The number of ketones is 1. The summed E-state index contributed by atoms with van der Waals surface area (Å²) in [6, 6.07) is 0. The van der Waals surface area contributed by atoms with Crippen LogP contribution < -0.4 is 0 Å². The maximum atomic E-state index is 12.2. The van der Waals surface area contributed by atoms with Gasteiger partial charge in [0.1, 0.15) is 5.78 Å². The van der Waals surface area contributed by atoms with Crippen molar-refractivity contribution in [1.82, 2.24) is 0 Å². The van der Waals surface area contributed by atoms with Gasteiger partial charge in [0, 0.05) is 5.92 Å². The summed E-state index contributed by atoms with van der Waals surface area (Å²) in [5.41, 5.74) is 0.974. The highest BCUT2D eigenvalue weighted by atomic mass is 16.1. The second-order valence-corrected chi connectivity index (χ2v) is 9.69. The monoisotopic (exact) mass is 348 g/mol. The lowest BCUT2D eigenvalue weighted by molar-refractivity contribution is -0.133. The normalized spacial score (nSPS) is 48.0. The first-order valence-electron chi connectivity index (χ1n) is 11.0. The molecule has 0 aromatic heterocycles. The minimum absolute atomic E-state index is 0. The van der Waals surface area contributed by atoms with Crippen LogP contribution in [0.25, 0.3) is 0 Å². The third kappa shape index (κ3) is 3.12. The van der Waals surface area contributed by atoms with E-state index >= 15 is 0 Å². The Balaban J connectivity index is 0.000000726. The van der Waals surface area contributed by atoms with E-state index in [4.69, 9.17) is 0 Å². The third-order valence-electron chi connectivity index (χ3n) is 9.07. The van der Waals surface area contributed by atoms with Crippen LogP contribution >= 0.6 is 0 Å². The predicted octanol–water partition coefficient (Wildman–Crippen LogP) is 7.29. The van der Waals surface area contributed by atoms with Crippen molar-refractivity contribution >= 4 is 5.78 Å². The van der Waals surface area contributed by atoms with Gasteiger partial charge in [-0.15, -0.1) is 0 Å². The number of Topliss-reactive ketones (excluding diaryl/α,β-unsaturated/α-hetero) is 1. The zero-order chi connectivity index (χ0) is 17.5. The quantitative estimate of drug-likeness (QED) is 0.486. The van der Waals surface area contributed by atoms with Gasteiger partial charge in [0.25, 0.3) is 0 Å². The van der Waals surface area contributed by atoms with Crippen LogP contribution in [0.15, 0.2) is 0 Å².